The Kier molecular flexibility index (Phi) is 20.8. The van der Waals surface area contributed by atoms with E-state index in [1.54, 1.807) is 141 Å². The van der Waals surface area contributed by atoms with Gasteiger partial charge in [-0.05, 0) is 98.8 Å². The number of carbonyl (C=O) groups excluding carboxylic acids is 7. The summed E-state index contributed by atoms with van der Waals surface area (Å²) in [5.41, 5.74) is 0.388. The van der Waals surface area contributed by atoms with Crippen molar-refractivity contribution in [2.45, 2.75) is 112 Å². The summed E-state index contributed by atoms with van der Waals surface area (Å²) in [5.74, 6) is -7.97. The average molecular weight is 1270 g/mol. The molecule has 0 amide bonds. The molecule has 23 nitrogen and oxygen atoms in total. The average Bonchev–Trinajstić information content (AvgIpc) is 1.69. The van der Waals surface area contributed by atoms with Gasteiger partial charge in [-0.2, -0.15) is 0 Å². The molecule has 0 spiro atoms. The third-order valence-electron chi connectivity index (χ3n) is 15.4. The predicted molar refractivity (Wildman–Crippen MR) is 321 cm³/mol. The van der Waals surface area contributed by atoms with Crippen LogP contribution in [0.1, 0.15) is 86.4 Å². The minimum atomic E-state index is -1.95. The first-order valence-corrected chi connectivity index (χ1v) is 29.8. The van der Waals surface area contributed by atoms with Crippen LogP contribution in [0, 0.1) is 0 Å². The summed E-state index contributed by atoms with van der Waals surface area (Å²) in [6, 6.07) is 54.5. The number of esters is 7. The highest BCUT2D eigenvalue weighted by Gasteiger charge is 2.62. The summed E-state index contributed by atoms with van der Waals surface area (Å²) in [4.78, 5) is 99.1. The molecule has 0 bridgehead atoms. The summed E-state index contributed by atoms with van der Waals surface area (Å²) in [5, 5.41) is 23.6. The van der Waals surface area contributed by atoms with Gasteiger partial charge in [0.1, 0.15) is 43.2 Å². The lowest BCUT2D eigenvalue weighted by Crippen LogP contribution is -2.64. The van der Waals surface area contributed by atoms with Gasteiger partial charge in [-0.1, -0.05) is 127 Å². The zero-order valence-corrected chi connectivity index (χ0v) is 50.0. The number of rotatable bonds is 22. The smallest absolute Gasteiger partial charge is 0.338 e. The first-order chi connectivity index (χ1) is 45.1. The lowest BCUT2D eigenvalue weighted by molar-refractivity contribution is -0.325. The summed E-state index contributed by atoms with van der Waals surface area (Å²) in [7, 11) is 0. The zero-order valence-electron chi connectivity index (χ0n) is 50.0. The normalized spacial score (nSPS) is 26.4. The number of aliphatic hydroxyl groups is 2. The molecule has 4 fully saturated rings. The molecule has 482 valence electrons. The largest absolute Gasteiger partial charge is 0.459 e. The van der Waals surface area contributed by atoms with E-state index in [2.05, 4.69) is 0 Å². The highest BCUT2D eigenvalue weighted by Crippen LogP contribution is 2.43. The molecule has 23 heteroatoms. The minimum absolute atomic E-state index is 0.0176. The van der Waals surface area contributed by atoms with Crippen molar-refractivity contribution in [3.63, 3.8) is 0 Å². The molecule has 93 heavy (non-hydrogen) atoms. The molecular formula is C70H64O23. The van der Waals surface area contributed by atoms with Crippen LogP contribution in [0.25, 0.3) is 0 Å². The Labute approximate surface area is 532 Å². The molecule has 4 heterocycles. The summed E-state index contributed by atoms with van der Waals surface area (Å²) < 4.78 is 88.1. The molecule has 4 aliphatic rings. The van der Waals surface area contributed by atoms with E-state index in [1.165, 1.54) is 84.9 Å². The van der Waals surface area contributed by atoms with Crippen molar-refractivity contribution in [2.24, 2.45) is 0 Å². The number of ether oxygens (including phenoxy) is 14. The minimum Gasteiger partial charge on any atom is -0.459 e. The predicted octanol–water partition coefficient (Wildman–Crippen LogP) is 7.28. The molecule has 7 aromatic carbocycles. The van der Waals surface area contributed by atoms with Gasteiger partial charge in [-0.15, -0.1) is 0 Å². The molecule has 11 rings (SSSR count). The Morgan fingerprint density at radius 2 is 0.720 bits per heavy atom. The van der Waals surface area contributed by atoms with Crippen molar-refractivity contribution >= 4 is 41.8 Å². The molecule has 0 aromatic heterocycles. The van der Waals surface area contributed by atoms with Crippen LogP contribution in [0.4, 0.5) is 0 Å². The van der Waals surface area contributed by atoms with E-state index < -0.39 is 160 Å². The molecule has 4 aliphatic heterocycles. The molecule has 7 aromatic rings. The van der Waals surface area contributed by atoms with Gasteiger partial charge in [0.15, 0.2) is 61.3 Å². The van der Waals surface area contributed by atoms with E-state index in [1.807, 2.05) is 0 Å². The van der Waals surface area contributed by atoms with Crippen LogP contribution >= 0.6 is 0 Å². The van der Waals surface area contributed by atoms with E-state index in [0.29, 0.717) is 0 Å². The number of hydrogen-bond acceptors (Lipinski definition) is 23. The van der Waals surface area contributed by atoms with E-state index >= 15 is 0 Å². The summed E-state index contributed by atoms with van der Waals surface area (Å²) in [6.07, 6.45) is -25.4. The van der Waals surface area contributed by atoms with Gasteiger partial charge in [0.2, 0.25) is 0 Å². The van der Waals surface area contributed by atoms with Gasteiger partial charge in [-0.3, -0.25) is 0 Å². The standard InChI is InChI=1S/C70H64O23/c1-70(2)92-59-54(51(90-69(59)93-70)48(72)39-81-67-57(88-65(78)46-34-20-8-21-35-46)55(86-63(76)44-30-16-6-17-31-44)52(49(38-71)82-67)84-61(74)42-26-12-4-13-27-42)91-68-58(89-66(79)47-36-22-9-23-37-47)56(87-64(77)45-32-18-7-19-33-45)53(85-62(75)43-28-14-5-15-29-43)50(83-68)40-80-60(73)41-24-10-3-11-25-41/h3-37,48-59,67-69,71-72H,38-40H2,1-2H3/t48-,49-,50-,51-,52-,53-,54+,55+,56+,57-,58-,59-,67-,68+,69-/m1/s1. The van der Waals surface area contributed by atoms with Crippen LogP contribution < -0.4 is 0 Å². The van der Waals surface area contributed by atoms with E-state index in [-0.39, 0.29) is 38.9 Å². The molecule has 2 N–H and O–H groups in total. The molecular weight excluding hydrogens is 1210 g/mol. The fraction of sp³-hybridized carbons (Fsp3) is 0.300. The van der Waals surface area contributed by atoms with Crippen LogP contribution in [0.3, 0.4) is 0 Å². The molecule has 0 unspecified atom stereocenters. The highest BCUT2D eigenvalue weighted by atomic mass is 16.9. The second-order valence-electron chi connectivity index (χ2n) is 22.2. The molecule has 0 aliphatic carbocycles. The molecule has 15 atom stereocenters. The SMILES string of the molecule is CC1(C)O[C@H]2O[C@H]([C@H](O)CO[C@@H]3O[C@H](CO)[C@@H](OC(=O)c4ccccc4)[C@H](OC(=O)c4ccccc4)[C@H]3OC(=O)c3ccccc3)[C@H](O[C@@H]3O[C@H](COC(=O)c4ccccc4)[C@@H](OC(=O)c4ccccc4)[C@H](OC(=O)c4ccccc4)[C@H]3OC(=O)c3ccccc3)[C@H]2O1. The van der Waals surface area contributed by atoms with Gasteiger partial charge >= 0.3 is 41.8 Å². The maximum Gasteiger partial charge on any atom is 0.338 e. The Morgan fingerprint density at radius 3 is 1.10 bits per heavy atom. The number of aliphatic hydroxyl groups excluding tert-OH is 2. The summed E-state index contributed by atoms with van der Waals surface area (Å²) >= 11 is 0. The van der Waals surface area contributed by atoms with Crippen molar-refractivity contribution in [1.29, 1.82) is 0 Å². The second-order valence-corrected chi connectivity index (χ2v) is 22.2. The van der Waals surface area contributed by atoms with Gasteiger partial charge < -0.3 is 76.5 Å². The monoisotopic (exact) mass is 1270 g/mol. The Bertz CT molecular complexity index is 3660. The van der Waals surface area contributed by atoms with Crippen LogP contribution in [-0.2, 0) is 66.3 Å². The van der Waals surface area contributed by atoms with E-state index in [0.717, 1.165) is 0 Å². The third kappa shape index (κ3) is 15.7. The maximum absolute atomic E-state index is 14.5. The van der Waals surface area contributed by atoms with Crippen LogP contribution in [0.5, 0.6) is 0 Å². The van der Waals surface area contributed by atoms with Crippen molar-refractivity contribution in [3.8, 4) is 0 Å². The Balaban J connectivity index is 0.951. The van der Waals surface area contributed by atoms with Gasteiger partial charge in [0.05, 0.1) is 52.2 Å². The van der Waals surface area contributed by atoms with Crippen molar-refractivity contribution in [3.05, 3.63) is 251 Å². The second kappa shape index (κ2) is 29.8. The Hall–Kier alpha value is -9.53. The van der Waals surface area contributed by atoms with Crippen molar-refractivity contribution in [2.75, 3.05) is 19.8 Å². The van der Waals surface area contributed by atoms with Gasteiger partial charge in [0, 0.05) is 0 Å². The number of fused-ring (bicyclic) bond motifs is 1. The maximum atomic E-state index is 14.5. The van der Waals surface area contributed by atoms with Crippen LogP contribution in [-0.4, -0.2) is 170 Å². The number of carbonyl (C=O) groups is 7. The van der Waals surface area contributed by atoms with Crippen molar-refractivity contribution in [1.82, 2.24) is 0 Å². The summed E-state index contributed by atoms with van der Waals surface area (Å²) in [6.45, 7) is 0.752. The van der Waals surface area contributed by atoms with Crippen LogP contribution in [0.2, 0.25) is 0 Å². The Morgan fingerprint density at radius 1 is 0.398 bits per heavy atom. The highest BCUT2D eigenvalue weighted by molar-refractivity contribution is 5.93. The fourth-order valence-electron chi connectivity index (χ4n) is 10.9. The van der Waals surface area contributed by atoms with Crippen LogP contribution in [0.15, 0.2) is 212 Å². The zero-order chi connectivity index (χ0) is 65.0. The first-order valence-electron chi connectivity index (χ1n) is 29.8. The van der Waals surface area contributed by atoms with Crippen molar-refractivity contribution < 1.29 is 110 Å². The third-order valence-corrected chi connectivity index (χ3v) is 15.4. The molecule has 4 saturated heterocycles. The molecule has 0 radical (unpaired) electrons. The van der Waals surface area contributed by atoms with Gasteiger partial charge in [0.25, 0.3) is 0 Å². The topological polar surface area (TPSA) is 289 Å². The molecule has 0 saturated carbocycles. The lowest BCUT2D eigenvalue weighted by atomic mass is 9.97. The van der Waals surface area contributed by atoms with E-state index in [4.69, 9.17) is 66.3 Å². The number of benzene rings is 7. The first kappa shape index (κ1) is 65.0. The fourth-order valence-corrected chi connectivity index (χ4v) is 10.9. The van der Waals surface area contributed by atoms with Gasteiger partial charge in [-0.25, -0.2) is 33.6 Å². The quantitative estimate of drug-likeness (QED) is 0.0498. The van der Waals surface area contributed by atoms with E-state index in [9.17, 15) is 43.8 Å². The lowest BCUT2D eigenvalue weighted by Gasteiger charge is -2.45. The number of hydrogen-bond donors (Lipinski definition) is 2.